The van der Waals surface area contributed by atoms with Gasteiger partial charge in [-0.1, -0.05) is 69.4 Å². The number of rotatable bonds is 17. The number of ketones is 1. The van der Waals surface area contributed by atoms with Crippen molar-refractivity contribution in [3.05, 3.63) is 42.0 Å². The van der Waals surface area contributed by atoms with Crippen LogP contribution in [0.25, 0.3) is 0 Å². The van der Waals surface area contributed by atoms with E-state index in [0.29, 0.717) is 32.3 Å². The second kappa shape index (κ2) is 16.7. The van der Waals surface area contributed by atoms with Crippen LogP contribution < -0.4 is 0 Å². The molecule has 3 unspecified atom stereocenters. The van der Waals surface area contributed by atoms with Crippen molar-refractivity contribution in [2.45, 2.75) is 108 Å². The molecule has 37 heavy (non-hydrogen) atoms. The summed E-state index contributed by atoms with van der Waals surface area (Å²) in [6, 6.07) is 8.31. The number of allylic oxidation sites excluding steroid dienone is 1. The Labute approximate surface area is 228 Å². The topological polar surface area (TPSA) is 69.7 Å². The number of benzene rings is 1. The molecule has 1 aliphatic carbocycles. The van der Waals surface area contributed by atoms with Crippen molar-refractivity contribution in [3.8, 4) is 0 Å². The molecule has 0 bridgehead atoms. The zero-order valence-corrected chi connectivity index (χ0v) is 24.1. The quantitative estimate of drug-likeness (QED) is 0.0678. The molecular formula is C31H46O5S. The summed E-state index contributed by atoms with van der Waals surface area (Å²) < 4.78 is 10.3. The predicted octanol–water partition coefficient (Wildman–Crippen LogP) is 7.63. The highest BCUT2D eigenvalue weighted by atomic mass is 32.2. The number of hydrogen-bond donors (Lipinski definition) is 0. The van der Waals surface area contributed by atoms with Gasteiger partial charge in [0, 0.05) is 23.0 Å². The van der Waals surface area contributed by atoms with Gasteiger partial charge in [0.05, 0.1) is 13.7 Å². The first-order chi connectivity index (χ1) is 17.9. The molecule has 1 fully saturated rings. The summed E-state index contributed by atoms with van der Waals surface area (Å²) in [7, 11) is 1.40. The summed E-state index contributed by atoms with van der Waals surface area (Å²) in [5, 5.41) is 0.0112. The fraction of sp³-hybridized carbons (Fsp3) is 0.645. The van der Waals surface area contributed by atoms with Gasteiger partial charge in [0.25, 0.3) is 0 Å². The van der Waals surface area contributed by atoms with Crippen LogP contribution in [0.3, 0.4) is 0 Å². The van der Waals surface area contributed by atoms with E-state index < -0.39 is 5.41 Å². The first kappa shape index (κ1) is 31.1. The molecule has 0 amide bonds. The van der Waals surface area contributed by atoms with E-state index in [1.807, 2.05) is 19.1 Å². The van der Waals surface area contributed by atoms with Crippen molar-refractivity contribution < 1.29 is 23.9 Å². The smallest absolute Gasteiger partial charge is 0.319 e. The molecule has 0 spiro atoms. The van der Waals surface area contributed by atoms with E-state index in [1.54, 1.807) is 11.8 Å². The summed E-state index contributed by atoms with van der Waals surface area (Å²) in [6.07, 6.45) is 14.3. The van der Waals surface area contributed by atoms with Gasteiger partial charge in [-0.15, -0.1) is 11.8 Å². The highest BCUT2D eigenvalue weighted by Crippen LogP contribution is 2.51. The fourth-order valence-electron chi connectivity index (χ4n) is 5.37. The van der Waals surface area contributed by atoms with E-state index in [-0.39, 0.29) is 28.9 Å². The van der Waals surface area contributed by atoms with E-state index in [0.717, 1.165) is 38.5 Å². The highest BCUT2D eigenvalue weighted by Gasteiger charge is 2.57. The van der Waals surface area contributed by atoms with Gasteiger partial charge < -0.3 is 9.47 Å². The van der Waals surface area contributed by atoms with Crippen LogP contribution in [0.1, 0.15) is 96.5 Å². The van der Waals surface area contributed by atoms with Crippen molar-refractivity contribution in [3.63, 3.8) is 0 Å². The lowest BCUT2D eigenvalue weighted by molar-refractivity contribution is -0.159. The lowest BCUT2D eigenvalue weighted by atomic mass is 9.71. The van der Waals surface area contributed by atoms with Gasteiger partial charge in [0.15, 0.2) is 5.78 Å². The number of ether oxygens (including phenoxy) is 2. The Hall–Kier alpha value is -2.08. The first-order valence-corrected chi connectivity index (χ1v) is 14.9. The second-order valence-corrected chi connectivity index (χ2v) is 11.2. The highest BCUT2D eigenvalue weighted by molar-refractivity contribution is 8.00. The molecule has 206 valence electrons. The molecule has 6 heteroatoms. The van der Waals surface area contributed by atoms with Gasteiger partial charge in [-0.2, -0.15) is 0 Å². The minimum absolute atomic E-state index is 0.0112. The number of methoxy groups -OCH3 is 1. The summed E-state index contributed by atoms with van der Waals surface area (Å²) in [5.74, 6) is -0.646. The SMILES string of the molecule is CCCCC/C=C/C(Sc1ccccc1C)C1CCC(=O)C1(CCCCCCC(=O)OCC)C(=O)OC. The third-order valence-corrected chi connectivity index (χ3v) is 8.89. The maximum absolute atomic E-state index is 13.4. The molecule has 0 saturated heterocycles. The number of hydrogen-bond acceptors (Lipinski definition) is 6. The molecule has 0 radical (unpaired) electrons. The zero-order chi connectivity index (χ0) is 27.1. The van der Waals surface area contributed by atoms with E-state index in [9.17, 15) is 14.4 Å². The standard InChI is InChI=1S/C31H46O5S/c1-5-7-8-9-12-19-27(37-26-18-15-14-17-24(26)3)25-21-22-28(32)31(25,30(34)35-4)23-16-11-10-13-20-29(33)36-6-2/h12,14-15,17-19,25,27H,5-11,13,16,20-23H2,1-4H3/b19-12+. The summed E-state index contributed by atoms with van der Waals surface area (Å²) in [6.45, 7) is 6.52. The van der Waals surface area contributed by atoms with Crippen molar-refractivity contribution >= 4 is 29.5 Å². The number of esters is 2. The molecule has 0 N–H and O–H groups in total. The van der Waals surface area contributed by atoms with Gasteiger partial charge in [-0.05, 0) is 63.5 Å². The lowest BCUT2D eigenvalue weighted by Crippen LogP contribution is -2.45. The Morgan fingerprint density at radius 1 is 1.11 bits per heavy atom. The number of carbonyl (C=O) groups excluding carboxylic acids is 3. The van der Waals surface area contributed by atoms with Crippen LogP contribution in [0, 0.1) is 18.3 Å². The molecular weight excluding hydrogens is 484 g/mol. The number of thioether (sulfide) groups is 1. The molecule has 1 aromatic rings. The summed E-state index contributed by atoms with van der Waals surface area (Å²) in [4.78, 5) is 39.6. The zero-order valence-electron chi connectivity index (χ0n) is 23.3. The Morgan fingerprint density at radius 2 is 1.86 bits per heavy atom. The molecule has 3 atom stereocenters. The van der Waals surface area contributed by atoms with E-state index >= 15 is 0 Å². The summed E-state index contributed by atoms with van der Waals surface area (Å²) >= 11 is 1.77. The predicted molar refractivity (Wildman–Crippen MR) is 151 cm³/mol. The van der Waals surface area contributed by atoms with Gasteiger partial charge in [0.2, 0.25) is 0 Å². The van der Waals surface area contributed by atoms with Crippen molar-refractivity contribution in [1.82, 2.24) is 0 Å². The van der Waals surface area contributed by atoms with Crippen molar-refractivity contribution in [2.24, 2.45) is 11.3 Å². The molecule has 1 saturated carbocycles. The molecule has 2 rings (SSSR count). The lowest BCUT2D eigenvalue weighted by Gasteiger charge is -2.35. The van der Waals surface area contributed by atoms with Gasteiger partial charge in [-0.3, -0.25) is 14.4 Å². The monoisotopic (exact) mass is 530 g/mol. The van der Waals surface area contributed by atoms with Crippen LogP contribution in [0.15, 0.2) is 41.3 Å². The van der Waals surface area contributed by atoms with Crippen LogP contribution in [0.5, 0.6) is 0 Å². The molecule has 0 heterocycles. The Kier molecular flexibility index (Phi) is 14.1. The minimum Gasteiger partial charge on any atom is -0.468 e. The molecule has 5 nitrogen and oxygen atoms in total. The van der Waals surface area contributed by atoms with Crippen LogP contribution in [-0.2, 0) is 23.9 Å². The van der Waals surface area contributed by atoms with Crippen LogP contribution >= 0.6 is 11.8 Å². The van der Waals surface area contributed by atoms with E-state index in [1.165, 1.54) is 30.4 Å². The Bertz CT molecular complexity index is 895. The van der Waals surface area contributed by atoms with Crippen LogP contribution in [-0.4, -0.2) is 36.7 Å². The van der Waals surface area contributed by atoms with E-state index in [2.05, 4.69) is 38.1 Å². The molecule has 1 aliphatic rings. The minimum atomic E-state index is -1.11. The number of aryl methyl sites for hydroxylation is 1. The Morgan fingerprint density at radius 3 is 2.57 bits per heavy atom. The maximum Gasteiger partial charge on any atom is 0.319 e. The molecule has 0 aromatic heterocycles. The number of carbonyl (C=O) groups is 3. The third kappa shape index (κ3) is 9.01. The van der Waals surface area contributed by atoms with Gasteiger partial charge in [0.1, 0.15) is 5.41 Å². The van der Waals surface area contributed by atoms with Crippen LogP contribution in [0.4, 0.5) is 0 Å². The average molecular weight is 531 g/mol. The third-order valence-electron chi connectivity index (χ3n) is 7.42. The largest absolute Gasteiger partial charge is 0.468 e. The van der Waals surface area contributed by atoms with Gasteiger partial charge in [-0.25, -0.2) is 0 Å². The normalized spacial score (nSPS) is 20.3. The Balaban J connectivity index is 2.21. The van der Waals surface area contributed by atoms with Crippen LogP contribution in [0.2, 0.25) is 0 Å². The number of Topliss-reactive ketones (excluding diaryl/α,β-unsaturated/α-hetero) is 1. The van der Waals surface area contributed by atoms with Crippen molar-refractivity contribution in [1.29, 1.82) is 0 Å². The molecule has 1 aromatic carbocycles. The second-order valence-electron chi connectivity index (χ2n) is 10.0. The van der Waals surface area contributed by atoms with E-state index in [4.69, 9.17) is 9.47 Å². The first-order valence-electron chi connectivity index (χ1n) is 14.1. The fourth-order valence-corrected chi connectivity index (χ4v) is 6.80. The molecule has 0 aliphatic heterocycles. The maximum atomic E-state index is 13.4. The van der Waals surface area contributed by atoms with Crippen molar-refractivity contribution in [2.75, 3.05) is 13.7 Å². The van der Waals surface area contributed by atoms with Gasteiger partial charge >= 0.3 is 11.9 Å². The summed E-state index contributed by atoms with van der Waals surface area (Å²) in [5.41, 5.74) is 0.0933. The average Bonchev–Trinajstić information content (AvgIpc) is 3.22. The number of unbranched alkanes of at least 4 members (excludes halogenated alkanes) is 6.